The number of amides is 2. The summed E-state index contributed by atoms with van der Waals surface area (Å²) in [5.74, 6) is 0.772. The van der Waals surface area contributed by atoms with Crippen LogP contribution in [0.5, 0.6) is 0 Å². The second kappa shape index (κ2) is 7.76. The molecule has 1 saturated heterocycles. The van der Waals surface area contributed by atoms with Crippen LogP contribution in [0.25, 0.3) is 11.0 Å². The first-order valence-corrected chi connectivity index (χ1v) is 10.9. The topological polar surface area (TPSA) is 71.3 Å². The van der Waals surface area contributed by atoms with E-state index >= 15 is 0 Å². The minimum absolute atomic E-state index is 0.0264. The summed E-state index contributed by atoms with van der Waals surface area (Å²) in [6, 6.07) is 1.99. The van der Waals surface area contributed by atoms with Gasteiger partial charge in [-0.25, -0.2) is 4.98 Å². The van der Waals surface area contributed by atoms with Crippen molar-refractivity contribution in [3.05, 3.63) is 23.0 Å². The van der Waals surface area contributed by atoms with Crippen LogP contribution in [-0.4, -0.2) is 62.6 Å². The van der Waals surface area contributed by atoms with Gasteiger partial charge in [-0.3, -0.25) is 14.3 Å². The van der Waals surface area contributed by atoms with Gasteiger partial charge in [0.05, 0.1) is 16.6 Å². The lowest BCUT2D eigenvalue weighted by atomic mass is 9.94. The number of aromatic nitrogens is 3. The number of carbonyl (C=O) groups excluding carboxylic acids is 2. The van der Waals surface area contributed by atoms with Gasteiger partial charge < -0.3 is 9.80 Å². The molecule has 1 aliphatic heterocycles. The van der Waals surface area contributed by atoms with Crippen molar-refractivity contribution < 1.29 is 9.59 Å². The van der Waals surface area contributed by atoms with Crippen LogP contribution in [0.3, 0.4) is 0 Å². The molecule has 29 heavy (non-hydrogen) atoms. The van der Waals surface area contributed by atoms with E-state index in [2.05, 4.69) is 5.10 Å². The van der Waals surface area contributed by atoms with E-state index in [1.807, 2.05) is 43.7 Å². The maximum Gasteiger partial charge on any atom is 0.254 e. The van der Waals surface area contributed by atoms with Crippen LogP contribution in [0.2, 0.25) is 0 Å². The van der Waals surface area contributed by atoms with Gasteiger partial charge in [-0.1, -0.05) is 0 Å². The number of pyridine rings is 1. The average molecular weight is 398 g/mol. The Labute approximate surface area is 172 Å². The Kier molecular flexibility index (Phi) is 5.32. The second-order valence-corrected chi connectivity index (χ2v) is 8.35. The van der Waals surface area contributed by atoms with Crippen molar-refractivity contribution in [3.63, 3.8) is 0 Å². The molecule has 2 aromatic heterocycles. The molecule has 2 aromatic rings. The Morgan fingerprint density at radius 1 is 1.14 bits per heavy atom. The molecule has 7 heteroatoms. The molecule has 0 bridgehead atoms. The van der Waals surface area contributed by atoms with Crippen molar-refractivity contribution in [2.45, 2.75) is 52.4 Å². The van der Waals surface area contributed by atoms with Crippen LogP contribution in [0.1, 0.15) is 67.2 Å². The van der Waals surface area contributed by atoms with Crippen LogP contribution >= 0.6 is 0 Å². The number of aryl methyl sites for hydroxylation is 2. The van der Waals surface area contributed by atoms with Crippen LogP contribution in [0, 0.1) is 12.8 Å². The lowest BCUT2D eigenvalue weighted by molar-refractivity contribution is -0.136. The zero-order valence-electron chi connectivity index (χ0n) is 17.9. The second-order valence-electron chi connectivity index (χ2n) is 8.35. The van der Waals surface area contributed by atoms with E-state index in [1.165, 1.54) is 0 Å². The van der Waals surface area contributed by atoms with Gasteiger partial charge in [0.2, 0.25) is 5.91 Å². The molecule has 0 spiro atoms. The quantitative estimate of drug-likeness (QED) is 0.778. The number of rotatable bonds is 5. The van der Waals surface area contributed by atoms with Crippen molar-refractivity contribution in [1.29, 1.82) is 0 Å². The van der Waals surface area contributed by atoms with Gasteiger partial charge in [-0.05, 0) is 52.5 Å². The predicted octanol–water partition coefficient (Wildman–Crippen LogP) is 2.87. The number of hydrogen-bond acceptors (Lipinski definition) is 4. The summed E-state index contributed by atoms with van der Waals surface area (Å²) in [4.78, 5) is 34.7. The van der Waals surface area contributed by atoms with Crippen LogP contribution in [-0.2, 0) is 11.8 Å². The molecule has 2 aliphatic rings. The van der Waals surface area contributed by atoms with Crippen LogP contribution < -0.4 is 0 Å². The van der Waals surface area contributed by atoms with Gasteiger partial charge in [0.25, 0.3) is 5.91 Å². The van der Waals surface area contributed by atoms with E-state index < -0.39 is 0 Å². The Morgan fingerprint density at radius 3 is 2.38 bits per heavy atom. The van der Waals surface area contributed by atoms with Crippen molar-refractivity contribution >= 4 is 22.8 Å². The molecule has 0 radical (unpaired) electrons. The van der Waals surface area contributed by atoms with Gasteiger partial charge in [0.1, 0.15) is 0 Å². The Balaban J connectivity index is 1.56. The summed E-state index contributed by atoms with van der Waals surface area (Å²) in [5.41, 5.74) is 3.36. The molecule has 4 rings (SSSR count). The summed E-state index contributed by atoms with van der Waals surface area (Å²) in [6.45, 7) is 8.70. The first-order chi connectivity index (χ1) is 13.9. The fourth-order valence-electron chi connectivity index (χ4n) is 4.51. The SMILES string of the molecule is CCN(CC)C(=O)C1CCN(C(=O)c2cc(C3CC3)nc3c2c(C)nn3C)CC1. The highest BCUT2D eigenvalue weighted by atomic mass is 16.2. The standard InChI is InChI=1S/C22H31N5O2/c1-5-26(6-2)21(28)16-9-11-27(12-10-16)22(29)17-13-18(15-7-8-15)23-20-19(17)14(3)24-25(20)4/h13,15-16H,5-12H2,1-4H3. The van der Waals surface area contributed by atoms with Gasteiger partial charge in [0, 0.05) is 50.8 Å². The highest BCUT2D eigenvalue weighted by Gasteiger charge is 2.33. The van der Waals surface area contributed by atoms with E-state index in [0.717, 1.165) is 66.8 Å². The highest BCUT2D eigenvalue weighted by molar-refractivity contribution is 6.06. The molecule has 7 nitrogen and oxygen atoms in total. The minimum Gasteiger partial charge on any atom is -0.343 e. The summed E-state index contributed by atoms with van der Waals surface area (Å²) < 4.78 is 1.78. The molecule has 1 saturated carbocycles. The third kappa shape index (κ3) is 3.63. The van der Waals surface area contributed by atoms with Gasteiger partial charge in [-0.15, -0.1) is 0 Å². The largest absolute Gasteiger partial charge is 0.343 e. The predicted molar refractivity (Wildman–Crippen MR) is 112 cm³/mol. The van der Waals surface area contributed by atoms with Crippen molar-refractivity contribution in [2.24, 2.45) is 13.0 Å². The van der Waals surface area contributed by atoms with Gasteiger partial charge >= 0.3 is 0 Å². The monoisotopic (exact) mass is 397 g/mol. The van der Waals surface area contributed by atoms with Crippen LogP contribution in [0.15, 0.2) is 6.07 Å². The van der Waals surface area contributed by atoms with E-state index in [4.69, 9.17) is 4.98 Å². The summed E-state index contributed by atoms with van der Waals surface area (Å²) in [5, 5.41) is 5.37. The number of fused-ring (bicyclic) bond motifs is 1. The van der Waals surface area contributed by atoms with Crippen molar-refractivity contribution in [2.75, 3.05) is 26.2 Å². The summed E-state index contributed by atoms with van der Waals surface area (Å²) in [7, 11) is 1.89. The number of piperidine rings is 1. The van der Waals surface area contributed by atoms with Crippen LogP contribution in [0.4, 0.5) is 0 Å². The molecule has 0 N–H and O–H groups in total. The third-order valence-corrected chi connectivity index (χ3v) is 6.42. The Bertz CT molecular complexity index is 934. The average Bonchev–Trinajstić information content (AvgIpc) is 3.54. The molecule has 1 aliphatic carbocycles. The third-order valence-electron chi connectivity index (χ3n) is 6.42. The maximum absolute atomic E-state index is 13.5. The number of likely N-dealkylation sites (tertiary alicyclic amines) is 1. The van der Waals surface area contributed by atoms with Gasteiger partial charge in [0.15, 0.2) is 5.65 Å². The summed E-state index contributed by atoms with van der Waals surface area (Å²) in [6.07, 6.45) is 3.75. The maximum atomic E-state index is 13.5. The fraction of sp³-hybridized carbons (Fsp3) is 0.636. The minimum atomic E-state index is 0.0264. The van der Waals surface area contributed by atoms with Crippen molar-refractivity contribution in [1.82, 2.24) is 24.6 Å². The van der Waals surface area contributed by atoms with E-state index in [1.54, 1.807) is 4.68 Å². The lowest BCUT2D eigenvalue weighted by Crippen LogP contribution is -2.44. The zero-order valence-corrected chi connectivity index (χ0v) is 17.9. The molecule has 156 valence electrons. The molecule has 0 aromatic carbocycles. The fourth-order valence-corrected chi connectivity index (χ4v) is 4.51. The first-order valence-electron chi connectivity index (χ1n) is 10.9. The molecule has 3 heterocycles. The number of nitrogens with zero attached hydrogens (tertiary/aromatic N) is 5. The summed E-state index contributed by atoms with van der Waals surface area (Å²) >= 11 is 0. The number of carbonyl (C=O) groups is 2. The molecule has 2 amide bonds. The van der Waals surface area contributed by atoms with Gasteiger partial charge in [-0.2, -0.15) is 5.10 Å². The molecule has 0 unspecified atom stereocenters. The van der Waals surface area contributed by atoms with E-state index in [9.17, 15) is 9.59 Å². The smallest absolute Gasteiger partial charge is 0.254 e. The normalized spacial score (nSPS) is 17.7. The zero-order chi connectivity index (χ0) is 20.7. The Hall–Kier alpha value is -2.44. The molecular weight excluding hydrogens is 366 g/mol. The van der Waals surface area contributed by atoms with Crippen molar-refractivity contribution in [3.8, 4) is 0 Å². The number of hydrogen-bond donors (Lipinski definition) is 0. The molecular formula is C22H31N5O2. The highest BCUT2D eigenvalue weighted by Crippen LogP contribution is 2.40. The Morgan fingerprint density at radius 2 is 1.79 bits per heavy atom. The van der Waals surface area contributed by atoms with E-state index in [-0.39, 0.29) is 17.7 Å². The molecule has 2 fully saturated rings. The van der Waals surface area contributed by atoms with E-state index in [0.29, 0.717) is 19.0 Å². The molecule has 0 atom stereocenters. The first kappa shape index (κ1) is 19.9. The lowest BCUT2D eigenvalue weighted by Gasteiger charge is -2.34.